The molecule has 2 nitrogen and oxygen atoms in total. The third-order valence-electron chi connectivity index (χ3n) is 4.34. The van der Waals surface area contributed by atoms with Gasteiger partial charge in [-0.2, -0.15) is 0 Å². The summed E-state index contributed by atoms with van der Waals surface area (Å²) in [6, 6.07) is 5.27. The van der Waals surface area contributed by atoms with Crippen LogP contribution in [0.3, 0.4) is 0 Å². The molecular weight excluding hydrogens is 272 g/mol. The van der Waals surface area contributed by atoms with Gasteiger partial charge in [0.25, 0.3) is 0 Å². The van der Waals surface area contributed by atoms with Gasteiger partial charge >= 0.3 is 0 Å². The Morgan fingerprint density at radius 2 is 2.00 bits per heavy atom. The number of methoxy groups -OCH3 is 1. The molecule has 0 spiro atoms. The number of hydrogen-bond donors (Lipinski definition) is 0. The molecule has 0 amide bonds. The molecule has 1 aromatic rings. The minimum absolute atomic E-state index is 0.135. The second-order valence-corrected chi connectivity index (χ2v) is 6.15. The zero-order valence-electron chi connectivity index (χ0n) is 12.3. The SMILES string of the molecule is CCCC1CCC(C(=O)c2cc(Cl)ccc2OC)CC1. The maximum absolute atomic E-state index is 12.7. The minimum Gasteiger partial charge on any atom is -0.496 e. The first kappa shape index (κ1) is 15.4. The molecule has 0 unspecified atom stereocenters. The number of ketones is 1. The Bertz CT molecular complexity index is 462. The van der Waals surface area contributed by atoms with E-state index in [9.17, 15) is 4.79 Å². The van der Waals surface area contributed by atoms with Crippen LogP contribution in [0.4, 0.5) is 0 Å². The van der Waals surface area contributed by atoms with Gasteiger partial charge in [-0.25, -0.2) is 0 Å². The summed E-state index contributed by atoms with van der Waals surface area (Å²) in [5, 5.41) is 0.591. The molecule has 3 heteroatoms. The third kappa shape index (κ3) is 3.54. The summed E-state index contributed by atoms with van der Waals surface area (Å²) in [6.45, 7) is 2.23. The number of carbonyl (C=O) groups is 1. The van der Waals surface area contributed by atoms with Gasteiger partial charge in [-0.1, -0.05) is 31.4 Å². The fourth-order valence-electron chi connectivity index (χ4n) is 3.21. The quantitative estimate of drug-likeness (QED) is 0.703. The number of halogens is 1. The zero-order chi connectivity index (χ0) is 14.5. The van der Waals surface area contributed by atoms with Gasteiger partial charge < -0.3 is 4.74 Å². The zero-order valence-corrected chi connectivity index (χ0v) is 13.1. The molecule has 0 radical (unpaired) electrons. The first-order valence-electron chi connectivity index (χ1n) is 7.53. The Kier molecular flexibility index (Phi) is 5.47. The normalized spacial score (nSPS) is 22.6. The van der Waals surface area contributed by atoms with E-state index in [4.69, 9.17) is 16.3 Å². The molecule has 0 aromatic heterocycles. The Hall–Kier alpha value is -1.02. The molecule has 1 aliphatic rings. The first-order chi connectivity index (χ1) is 9.65. The van der Waals surface area contributed by atoms with Gasteiger partial charge in [0, 0.05) is 10.9 Å². The van der Waals surface area contributed by atoms with Crippen LogP contribution in [0.1, 0.15) is 55.8 Å². The van der Waals surface area contributed by atoms with Gasteiger partial charge in [0.2, 0.25) is 0 Å². The van der Waals surface area contributed by atoms with Gasteiger partial charge in [-0.15, -0.1) is 0 Å². The summed E-state index contributed by atoms with van der Waals surface area (Å²) in [6.07, 6.45) is 6.88. The van der Waals surface area contributed by atoms with E-state index in [0.717, 1.165) is 18.8 Å². The Balaban J connectivity index is 2.07. The third-order valence-corrected chi connectivity index (χ3v) is 4.58. The fourth-order valence-corrected chi connectivity index (χ4v) is 3.39. The van der Waals surface area contributed by atoms with Crippen LogP contribution >= 0.6 is 11.6 Å². The van der Waals surface area contributed by atoms with Gasteiger partial charge in [0.15, 0.2) is 5.78 Å². The Morgan fingerprint density at radius 3 is 2.60 bits per heavy atom. The summed E-state index contributed by atoms with van der Waals surface area (Å²) in [4.78, 5) is 12.7. The highest BCUT2D eigenvalue weighted by atomic mass is 35.5. The Labute approximate surface area is 126 Å². The molecule has 0 bridgehead atoms. The molecule has 0 saturated heterocycles. The molecule has 0 N–H and O–H groups in total. The van der Waals surface area contributed by atoms with Crippen LogP contribution in [0.25, 0.3) is 0 Å². The first-order valence-corrected chi connectivity index (χ1v) is 7.91. The highest BCUT2D eigenvalue weighted by molar-refractivity contribution is 6.31. The van der Waals surface area contributed by atoms with Crippen LogP contribution in [0.2, 0.25) is 5.02 Å². The topological polar surface area (TPSA) is 26.3 Å². The maximum Gasteiger partial charge on any atom is 0.169 e. The maximum atomic E-state index is 12.7. The van der Waals surface area contributed by atoms with E-state index in [2.05, 4.69) is 6.92 Å². The summed E-state index contributed by atoms with van der Waals surface area (Å²) in [5.74, 6) is 1.77. The smallest absolute Gasteiger partial charge is 0.169 e. The van der Waals surface area contributed by atoms with E-state index in [-0.39, 0.29) is 11.7 Å². The minimum atomic E-state index is 0.135. The lowest BCUT2D eigenvalue weighted by Gasteiger charge is -2.27. The summed E-state index contributed by atoms with van der Waals surface area (Å²) >= 11 is 6.01. The molecule has 0 heterocycles. The lowest BCUT2D eigenvalue weighted by Crippen LogP contribution is -2.22. The molecule has 1 saturated carbocycles. The van der Waals surface area contributed by atoms with Crippen molar-refractivity contribution in [2.75, 3.05) is 7.11 Å². The van der Waals surface area contributed by atoms with E-state index in [0.29, 0.717) is 16.3 Å². The second kappa shape index (κ2) is 7.12. The van der Waals surface area contributed by atoms with Gasteiger partial charge in [0.1, 0.15) is 5.75 Å². The van der Waals surface area contributed by atoms with Crippen molar-refractivity contribution in [2.24, 2.45) is 11.8 Å². The number of benzene rings is 1. The summed E-state index contributed by atoms with van der Waals surface area (Å²) in [5.41, 5.74) is 0.638. The molecule has 20 heavy (non-hydrogen) atoms. The van der Waals surface area contributed by atoms with Gasteiger partial charge in [-0.05, 0) is 49.8 Å². The lowest BCUT2D eigenvalue weighted by atomic mass is 9.77. The van der Waals surface area contributed by atoms with Crippen LogP contribution in [-0.2, 0) is 0 Å². The van der Waals surface area contributed by atoms with E-state index in [1.807, 2.05) is 0 Å². The second-order valence-electron chi connectivity index (χ2n) is 5.72. The van der Waals surface area contributed by atoms with Crippen molar-refractivity contribution in [2.45, 2.75) is 45.4 Å². The molecule has 1 aliphatic carbocycles. The molecule has 110 valence electrons. The highest BCUT2D eigenvalue weighted by Gasteiger charge is 2.28. The summed E-state index contributed by atoms with van der Waals surface area (Å²) in [7, 11) is 1.60. The Morgan fingerprint density at radius 1 is 1.30 bits per heavy atom. The number of rotatable bonds is 5. The standard InChI is InChI=1S/C17H23ClO2/c1-3-4-12-5-7-13(8-6-12)17(19)15-11-14(18)9-10-16(15)20-2/h9-13H,3-8H2,1-2H3. The average Bonchev–Trinajstić information content (AvgIpc) is 2.47. The van der Waals surface area contributed by atoms with Crippen molar-refractivity contribution >= 4 is 17.4 Å². The highest BCUT2D eigenvalue weighted by Crippen LogP contribution is 2.35. The van der Waals surface area contributed by atoms with Crippen molar-refractivity contribution in [1.29, 1.82) is 0 Å². The van der Waals surface area contributed by atoms with E-state index in [1.165, 1.54) is 25.7 Å². The van der Waals surface area contributed by atoms with E-state index in [1.54, 1.807) is 25.3 Å². The number of Topliss-reactive ketones (excluding diaryl/α,β-unsaturated/α-hetero) is 1. The van der Waals surface area contributed by atoms with Crippen LogP contribution in [-0.4, -0.2) is 12.9 Å². The number of hydrogen-bond acceptors (Lipinski definition) is 2. The number of carbonyl (C=O) groups excluding carboxylic acids is 1. The predicted octanol–water partition coefficient (Wildman–Crippen LogP) is 5.14. The van der Waals surface area contributed by atoms with E-state index < -0.39 is 0 Å². The van der Waals surface area contributed by atoms with Crippen molar-refractivity contribution in [3.8, 4) is 5.75 Å². The molecule has 0 aliphatic heterocycles. The van der Waals surface area contributed by atoms with Crippen molar-refractivity contribution in [1.82, 2.24) is 0 Å². The van der Waals surface area contributed by atoms with Crippen LogP contribution < -0.4 is 4.74 Å². The average molecular weight is 295 g/mol. The van der Waals surface area contributed by atoms with Crippen molar-refractivity contribution in [3.63, 3.8) is 0 Å². The fraction of sp³-hybridized carbons (Fsp3) is 0.588. The molecule has 1 aromatic carbocycles. The number of ether oxygens (including phenoxy) is 1. The van der Waals surface area contributed by atoms with Gasteiger partial charge in [0.05, 0.1) is 12.7 Å². The molecule has 0 atom stereocenters. The van der Waals surface area contributed by atoms with Crippen molar-refractivity contribution < 1.29 is 9.53 Å². The molecule has 1 fully saturated rings. The predicted molar refractivity (Wildman–Crippen MR) is 82.7 cm³/mol. The monoisotopic (exact) mass is 294 g/mol. The summed E-state index contributed by atoms with van der Waals surface area (Å²) < 4.78 is 5.29. The van der Waals surface area contributed by atoms with Crippen LogP contribution in [0, 0.1) is 11.8 Å². The lowest BCUT2D eigenvalue weighted by molar-refractivity contribution is 0.0866. The van der Waals surface area contributed by atoms with E-state index >= 15 is 0 Å². The molecule has 2 rings (SSSR count). The van der Waals surface area contributed by atoms with Crippen molar-refractivity contribution in [3.05, 3.63) is 28.8 Å². The molecular formula is C17H23ClO2. The van der Waals surface area contributed by atoms with Crippen LogP contribution in [0.5, 0.6) is 5.75 Å². The van der Waals surface area contributed by atoms with Crippen LogP contribution in [0.15, 0.2) is 18.2 Å². The van der Waals surface area contributed by atoms with Gasteiger partial charge in [-0.3, -0.25) is 4.79 Å². The largest absolute Gasteiger partial charge is 0.496 e.